The maximum atomic E-state index is 4.13. The SMILES string of the molecule is Cc1cc(Br)ccc1[C@@H](C(C)C)n1ccnn1. The van der Waals surface area contributed by atoms with Gasteiger partial charge < -0.3 is 0 Å². The van der Waals surface area contributed by atoms with Gasteiger partial charge in [-0.25, -0.2) is 4.68 Å². The van der Waals surface area contributed by atoms with Gasteiger partial charge in [0, 0.05) is 10.7 Å². The van der Waals surface area contributed by atoms with E-state index in [9.17, 15) is 0 Å². The van der Waals surface area contributed by atoms with Crippen LogP contribution in [0.5, 0.6) is 0 Å². The molecule has 2 rings (SSSR count). The molecule has 90 valence electrons. The second kappa shape index (κ2) is 5.00. The summed E-state index contributed by atoms with van der Waals surface area (Å²) in [4.78, 5) is 0. The molecule has 0 aliphatic rings. The molecule has 0 amide bonds. The zero-order valence-electron chi connectivity index (χ0n) is 10.3. The number of aryl methyl sites for hydroxylation is 1. The molecule has 17 heavy (non-hydrogen) atoms. The minimum absolute atomic E-state index is 0.241. The highest BCUT2D eigenvalue weighted by molar-refractivity contribution is 9.10. The molecule has 3 nitrogen and oxygen atoms in total. The normalized spacial score (nSPS) is 13.0. The monoisotopic (exact) mass is 293 g/mol. The first-order valence-corrected chi connectivity index (χ1v) is 6.50. The number of benzene rings is 1. The summed E-state index contributed by atoms with van der Waals surface area (Å²) in [5, 5.41) is 8.03. The van der Waals surface area contributed by atoms with E-state index in [1.807, 2.05) is 10.9 Å². The second-order valence-corrected chi connectivity index (χ2v) is 5.49. The summed E-state index contributed by atoms with van der Waals surface area (Å²) in [5.74, 6) is 0.469. The molecule has 2 aromatic rings. The van der Waals surface area contributed by atoms with E-state index in [-0.39, 0.29) is 6.04 Å². The quantitative estimate of drug-likeness (QED) is 0.866. The summed E-state index contributed by atoms with van der Waals surface area (Å²) in [6.45, 7) is 6.54. The van der Waals surface area contributed by atoms with Crippen molar-refractivity contribution in [2.75, 3.05) is 0 Å². The molecule has 0 radical (unpaired) electrons. The topological polar surface area (TPSA) is 30.7 Å². The van der Waals surface area contributed by atoms with Crippen LogP contribution in [0, 0.1) is 12.8 Å². The van der Waals surface area contributed by atoms with E-state index in [0.29, 0.717) is 5.92 Å². The van der Waals surface area contributed by atoms with E-state index < -0.39 is 0 Å². The number of hydrogen-bond donors (Lipinski definition) is 0. The Hall–Kier alpha value is -1.16. The summed E-state index contributed by atoms with van der Waals surface area (Å²) >= 11 is 3.50. The fourth-order valence-electron chi connectivity index (χ4n) is 2.14. The molecular formula is C13H16BrN3. The molecule has 1 aromatic carbocycles. The highest BCUT2D eigenvalue weighted by Gasteiger charge is 2.20. The van der Waals surface area contributed by atoms with Gasteiger partial charge in [-0.05, 0) is 36.1 Å². The first kappa shape index (κ1) is 12.3. The van der Waals surface area contributed by atoms with Crippen molar-refractivity contribution in [2.45, 2.75) is 26.8 Å². The third-order valence-corrected chi connectivity index (χ3v) is 3.40. The number of halogens is 1. The van der Waals surface area contributed by atoms with Crippen molar-refractivity contribution in [3.63, 3.8) is 0 Å². The molecule has 0 aliphatic carbocycles. The molecule has 1 atom stereocenters. The smallest absolute Gasteiger partial charge is 0.0811 e. The van der Waals surface area contributed by atoms with E-state index in [1.54, 1.807) is 6.20 Å². The van der Waals surface area contributed by atoms with E-state index in [1.165, 1.54) is 11.1 Å². The molecule has 0 saturated heterocycles. The molecular weight excluding hydrogens is 278 g/mol. The number of nitrogens with zero attached hydrogens (tertiary/aromatic N) is 3. The van der Waals surface area contributed by atoms with Crippen molar-refractivity contribution in [2.24, 2.45) is 5.92 Å². The van der Waals surface area contributed by atoms with Gasteiger partial charge in [-0.3, -0.25) is 0 Å². The predicted octanol–water partition coefficient (Wildman–Crippen LogP) is 3.59. The van der Waals surface area contributed by atoms with E-state index >= 15 is 0 Å². The van der Waals surface area contributed by atoms with Crippen LogP contribution in [0.25, 0.3) is 0 Å². The minimum atomic E-state index is 0.241. The van der Waals surface area contributed by atoms with Crippen molar-refractivity contribution < 1.29 is 0 Å². The molecule has 0 unspecified atom stereocenters. The Bertz CT molecular complexity index is 491. The van der Waals surface area contributed by atoms with E-state index in [4.69, 9.17) is 0 Å². The van der Waals surface area contributed by atoms with Gasteiger partial charge in [-0.15, -0.1) is 5.10 Å². The van der Waals surface area contributed by atoms with Crippen LogP contribution in [0.2, 0.25) is 0 Å². The van der Waals surface area contributed by atoms with Crippen LogP contribution in [0.3, 0.4) is 0 Å². The maximum absolute atomic E-state index is 4.13. The largest absolute Gasteiger partial charge is 0.245 e. The fourth-order valence-corrected chi connectivity index (χ4v) is 2.62. The maximum Gasteiger partial charge on any atom is 0.0811 e. The van der Waals surface area contributed by atoms with Crippen molar-refractivity contribution >= 4 is 15.9 Å². The molecule has 1 heterocycles. The predicted molar refractivity (Wildman–Crippen MR) is 71.9 cm³/mol. The molecule has 0 fully saturated rings. The van der Waals surface area contributed by atoms with Gasteiger partial charge in [-0.2, -0.15) is 0 Å². The van der Waals surface area contributed by atoms with Crippen LogP contribution in [-0.2, 0) is 0 Å². The Kier molecular flexibility index (Phi) is 3.62. The van der Waals surface area contributed by atoms with Gasteiger partial charge in [0.15, 0.2) is 0 Å². The average molecular weight is 294 g/mol. The summed E-state index contributed by atoms with van der Waals surface area (Å²) in [6, 6.07) is 6.62. The van der Waals surface area contributed by atoms with Gasteiger partial charge in [0.1, 0.15) is 0 Å². The molecule has 0 bridgehead atoms. The third-order valence-electron chi connectivity index (χ3n) is 2.91. The first-order chi connectivity index (χ1) is 8.09. The summed E-state index contributed by atoms with van der Waals surface area (Å²) in [6.07, 6.45) is 3.65. The van der Waals surface area contributed by atoms with Gasteiger partial charge in [0.2, 0.25) is 0 Å². The van der Waals surface area contributed by atoms with Crippen molar-refractivity contribution in [1.82, 2.24) is 15.0 Å². The average Bonchev–Trinajstić information content (AvgIpc) is 2.74. The number of hydrogen-bond acceptors (Lipinski definition) is 2. The Balaban J connectivity index is 2.47. The molecule has 0 spiro atoms. The summed E-state index contributed by atoms with van der Waals surface area (Å²) < 4.78 is 3.04. The number of aromatic nitrogens is 3. The molecule has 4 heteroatoms. The second-order valence-electron chi connectivity index (χ2n) is 4.57. The highest BCUT2D eigenvalue weighted by atomic mass is 79.9. The van der Waals surface area contributed by atoms with Gasteiger partial charge >= 0.3 is 0 Å². The van der Waals surface area contributed by atoms with E-state index in [2.05, 4.69) is 65.2 Å². The molecule has 0 N–H and O–H groups in total. The Labute approximate surface area is 110 Å². The van der Waals surface area contributed by atoms with Crippen molar-refractivity contribution in [3.05, 3.63) is 46.2 Å². The summed E-state index contributed by atoms with van der Waals surface area (Å²) in [5.41, 5.74) is 2.57. The van der Waals surface area contributed by atoms with E-state index in [0.717, 1.165) is 4.47 Å². The van der Waals surface area contributed by atoms with Crippen LogP contribution < -0.4 is 0 Å². The Morgan fingerprint density at radius 3 is 2.59 bits per heavy atom. The van der Waals surface area contributed by atoms with Crippen LogP contribution in [0.1, 0.15) is 31.0 Å². The standard InChI is InChI=1S/C13H16BrN3/c1-9(2)13(17-7-6-15-16-17)12-5-4-11(14)8-10(12)3/h4-9,13H,1-3H3/t13-/m1/s1. The first-order valence-electron chi connectivity index (χ1n) is 5.71. The summed E-state index contributed by atoms with van der Waals surface area (Å²) in [7, 11) is 0. The lowest BCUT2D eigenvalue weighted by molar-refractivity contribution is 0.393. The zero-order chi connectivity index (χ0) is 12.4. The number of rotatable bonds is 3. The Morgan fingerprint density at radius 2 is 2.06 bits per heavy atom. The zero-order valence-corrected chi connectivity index (χ0v) is 11.8. The van der Waals surface area contributed by atoms with Gasteiger partial charge in [-0.1, -0.05) is 41.1 Å². The van der Waals surface area contributed by atoms with Crippen LogP contribution in [-0.4, -0.2) is 15.0 Å². The lowest BCUT2D eigenvalue weighted by Gasteiger charge is -2.23. The minimum Gasteiger partial charge on any atom is -0.245 e. The third kappa shape index (κ3) is 2.57. The molecule has 0 aliphatic heterocycles. The van der Waals surface area contributed by atoms with Gasteiger partial charge in [0.25, 0.3) is 0 Å². The molecule has 1 aromatic heterocycles. The molecule has 0 saturated carbocycles. The Morgan fingerprint density at radius 1 is 1.29 bits per heavy atom. The van der Waals surface area contributed by atoms with Crippen molar-refractivity contribution in [1.29, 1.82) is 0 Å². The van der Waals surface area contributed by atoms with Crippen LogP contribution >= 0.6 is 15.9 Å². The fraction of sp³-hybridized carbons (Fsp3) is 0.385. The van der Waals surface area contributed by atoms with Crippen LogP contribution in [0.4, 0.5) is 0 Å². The van der Waals surface area contributed by atoms with Gasteiger partial charge in [0.05, 0.1) is 12.2 Å². The lowest BCUT2D eigenvalue weighted by Crippen LogP contribution is -2.18. The highest BCUT2D eigenvalue weighted by Crippen LogP contribution is 2.29. The van der Waals surface area contributed by atoms with Crippen LogP contribution in [0.15, 0.2) is 35.1 Å². The van der Waals surface area contributed by atoms with Crippen molar-refractivity contribution in [3.8, 4) is 0 Å². The lowest BCUT2D eigenvalue weighted by atomic mass is 9.93.